The van der Waals surface area contributed by atoms with Gasteiger partial charge in [-0.1, -0.05) is 0 Å². The molecular formula is C11H17NO3. The quantitative estimate of drug-likeness (QED) is 0.765. The SMILES string of the molecule is COC1CC(NCC(O)c2ccco2)C1. The minimum Gasteiger partial charge on any atom is -0.467 e. The van der Waals surface area contributed by atoms with E-state index in [4.69, 9.17) is 9.15 Å². The Morgan fingerprint density at radius 1 is 1.67 bits per heavy atom. The summed E-state index contributed by atoms with van der Waals surface area (Å²) in [6, 6.07) is 4.04. The molecule has 0 radical (unpaired) electrons. The zero-order valence-electron chi connectivity index (χ0n) is 8.85. The molecule has 1 unspecified atom stereocenters. The smallest absolute Gasteiger partial charge is 0.133 e. The van der Waals surface area contributed by atoms with Crippen LogP contribution in [-0.2, 0) is 4.74 Å². The second-order valence-electron chi connectivity index (χ2n) is 3.97. The summed E-state index contributed by atoms with van der Waals surface area (Å²) in [7, 11) is 1.73. The number of hydrogen-bond acceptors (Lipinski definition) is 4. The molecule has 2 N–H and O–H groups in total. The van der Waals surface area contributed by atoms with Crippen LogP contribution in [0.4, 0.5) is 0 Å². The summed E-state index contributed by atoms with van der Waals surface area (Å²) in [4.78, 5) is 0. The van der Waals surface area contributed by atoms with E-state index in [1.54, 1.807) is 25.5 Å². The highest BCUT2D eigenvalue weighted by atomic mass is 16.5. The Morgan fingerprint density at radius 2 is 2.47 bits per heavy atom. The van der Waals surface area contributed by atoms with E-state index in [-0.39, 0.29) is 0 Å². The van der Waals surface area contributed by atoms with Gasteiger partial charge in [-0.25, -0.2) is 0 Å². The lowest BCUT2D eigenvalue weighted by atomic mass is 9.89. The lowest BCUT2D eigenvalue weighted by Crippen LogP contribution is -2.46. The standard InChI is InChI=1S/C11H17NO3/c1-14-9-5-8(6-9)12-7-10(13)11-3-2-4-15-11/h2-4,8-10,12-13H,5-7H2,1H3. The Hall–Kier alpha value is -0.840. The molecule has 0 amide bonds. The number of methoxy groups -OCH3 is 1. The molecule has 0 spiro atoms. The van der Waals surface area contributed by atoms with Gasteiger partial charge in [0.2, 0.25) is 0 Å². The number of ether oxygens (including phenoxy) is 1. The van der Waals surface area contributed by atoms with Gasteiger partial charge in [0.1, 0.15) is 11.9 Å². The summed E-state index contributed by atoms with van der Waals surface area (Å²) in [5, 5.41) is 13.0. The van der Waals surface area contributed by atoms with Crippen molar-refractivity contribution in [3.63, 3.8) is 0 Å². The first kappa shape index (κ1) is 10.7. The van der Waals surface area contributed by atoms with E-state index in [2.05, 4.69) is 5.32 Å². The second-order valence-corrected chi connectivity index (χ2v) is 3.97. The molecule has 1 fully saturated rings. The number of nitrogens with one attached hydrogen (secondary N) is 1. The van der Waals surface area contributed by atoms with Crippen LogP contribution in [-0.4, -0.2) is 30.9 Å². The van der Waals surface area contributed by atoms with Crippen molar-refractivity contribution in [3.8, 4) is 0 Å². The Morgan fingerprint density at radius 3 is 3.07 bits per heavy atom. The molecule has 0 bridgehead atoms. The van der Waals surface area contributed by atoms with E-state index in [0.717, 1.165) is 12.8 Å². The molecule has 15 heavy (non-hydrogen) atoms. The molecular weight excluding hydrogens is 194 g/mol. The summed E-state index contributed by atoms with van der Waals surface area (Å²) < 4.78 is 10.3. The Labute approximate surface area is 89.2 Å². The number of hydrogen-bond donors (Lipinski definition) is 2. The normalized spacial score (nSPS) is 27.3. The van der Waals surface area contributed by atoms with Crippen LogP contribution in [0.25, 0.3) is 0 Å². The van der Waals surface area contributed by atoms with Gasteiger partial charge in [0.25, 0.3) is 0 Å². The van der Waals surface area contributed by atoms with Crippen molar-refractivity contribution in [1.82, 2.24) is 5.32 Å². The van der Waals surface area contributed by atoms with E-state index in [1.807, 2.05) is 0 Å². The van der Waals surface area contributed by atoms with E-state index in [1.165, 1.54) is 0 Å². The third-order valence-corrected chi connectivity index (χ3v) is 2.90. The molecule has 4 nitrogen and oxygen atoms in total. The molecule has 1 aliphatic rings. The molecule has 1 aromatic heterocycles. The molecule has 0 saturated heterocycles. The van der Waals surface area contributed by atoms with Crippen LogP contribution in [0.2, 0.25) is 0 Å². The zero-order valence-corrected chi connectivity index (χ0v) is 8.85. The summed E-state index contributed by atoms with van der Waals surface area (Å²) in [6.45, 7) is 0.536. The van der Waals surface area contributed by atoms with Crippen LogP contribution < -0.4 is 5.32 Å². The third kappa shape index (κ3) is 2.59. The average Bonchev–Trinajstić information content (AvgIpc) is 2.68. The maximum atomic E-state index is 9.71. The first-order valence-corrected chi connectivity index (χ1v) is 5.27. The number of aliphatic hydroxyl groups excluding tert-OH is 1. The highest BCUT2D eigenvalue weighted by Crippen LogP contribution is 2.23. The lowest BCUT2D eigenvalue weighted by Gasteiger charge is -2.35. The van der Waals surface area contributed by atoms with E-state index in [9.17, 15) is 5.11 Å². The molecule has 0 aliphatic heterocycles. The Bertz CT molecular complexity index is 280. The van der Waals surface area contributed by atoms with Crippen LogP contribution in [0, 0.1) is 0 Å². The molecule has 4 heteroatoms. The monoisotopic (exact) mass is 211 g/mol. The van der Waals surface area contributed by atoms with Crippen molar-refractivity contribution in [1.29, 1.82) is 0 Å². The predicted octanol–water partition coefficient (Wildman–Crippen LogP) is 1.08. The summed E-state index contributed by atoms with van der Waals surface area (Å²) in [6.07, 6.45) is 3.47. The van der Waals surface area contributed by atoms with Crippen molar-refractivity contribution >= 4 is 0 Å². The summed E-state index contributed by atoms with van der Waals surface area (Å²) in [5.41, 5.74) is 0. The largest absolute Gasteiger partial charge is 0.467 e. The van der Waals surface area contributed by atoms with Crippen molar-refractivity contribution < 1.29 is 14.3 Å². The highest BCUT2D eigenvalue weighted by molar-refractivity contribution is 5.02. The van der Waals surface area contributed by atoms with Crippen LogP contribution in [0.15, 0.2) is 22.8 Å². The van der Waals surface area contributed by atoms with Gasteiger partial charge in [0.05, 0.1) is 12.4 Å². The van der Waals surface area contributed by atoms with Gasteiger partial charge >= 0.3 is 0 Å². The minimum absolute atomic E-state index is 0.392. The Balaban J connectivity index is 1.67. The summed E-state index contributed by atoms with van der Waals surface area (Å²) >= 11 is 0. The minimum atomic E-state index is -0.554. The fourth-order valence-electron chi connectivity index (χ4n) is 1.78. The molecule has 0 aromatic carbocycles. The maximum absolute atomic E-state index is 9.71. The van der Waals surface area contributed by atoms with Gasteiger partial charge in [-0.2, -0.15) is 0 Å². The molecule has 1 aliphatic carbocycles. The van der Waals surface area contributed by atoms with Gasteiger partial charge in [-0.15, -0.1) is 0 Å². The fraction of sp³-hybridized carbons (Fsp3) is 0.636. The topological polar surface area (TPSA) is 54.6 Å². The maximum Gasteiger partial charge on any atom is 0.133 e. The van der Waals surface area contributed by atoms with Gasteiger partial charge in [-0.3, -0.25) is 0 Å². The van der Waals surface area contributed by atoms with Gasteiger partial charge in [-0.05, 0) is 25.0 Å². The van der Waals surface area contributed by atoms with Gasteiger partial charge < -0.3 is 19.6 Å². The van der Waals surface area contributed by atoms with Gasteiger partial charge in [0, 0.05) is 19.7 Å². The predicted molar refractivity (Wildman–Crippen MR) is 55.5 cm³/mol. The first-order valence-electron chi connectivity index (χ1n) is 5.27. The van der Waals surface area contributed by atoms with E-state index in [0.29, 0.717) is 24.5 Å². The van der Waals surface area contributed by atoms with Crippen LogP contribution >= 0.6 is 0 Å². The number of rotatable bonds is 5. The lowest BCUT2D eigenvalue weighted by molar-refractivity contribution is 0.0129. The molecule has 1 saturated carbocycles. The molecule has 1 heterocycles. The first-order chi connectivity index (χ1) is 7.29. The van der Waals surface area contributed by atoms with Crippen molar-refractivity contribution in [2.75, 3.05) is 13.7 Å². The van der Waals surface area contributed by atoms with Crippen LogP contribution in [0.1, 0.15) is 24.7 Å². The van der Waals surface area contributed by atoms with E-state index < -0.39 is 6.10 Å². The highest BCUT2D eigenvalue weighted by Gasteiger charge is 2.29. The molecule has 2 rings (SSSR count). The zero-order chi connectivity index (χ0) is 10.7. The molecule has 1 atom stereocenters. The Kier molecular flexibility index (Phi) is 3.41. The van der Waals surface area contributed by atoms with Crippen molar-refractivity contribution in [3.05, 3.63) is 24.2 Å². The average molecular weight is 211 g/mol. The third-order valence-electron chi connectivity index (χ3n) is 2.90. The van der Waals surface area contributed by atoms with Gasteiger partial charge in [0.15, 0.2) is 0 Å². The van der Waals surface area contributed by atoms with E-state index >= 15 is 0 Å². The molecule has 84 valence electrons. The number of furan rings is 1. The summed E-state index contributed by atoms with van der Waals surface area (Å²) in [5.74, 6) is 0.616. The number of aliphatic hydroxyl groups is 1. The molecule has 1 aromatic rings. The van der Waals surface area contributed by atoms with Crippen LogP contribution in [0.3, 0.4) is 0 Å². The fourth-order valence-corrected chi connectivity index (χ4v) is 1.78. The van der Waals surface area contributed by atoms with Crippen molar-refractivity contribution in [2.24, 2.45) is 0 Å². The van der Waals surface area contributed by atoms with Crippen molar-refractivity contribution in [2.45, 2.75) is 31.1 Å². The van der Waals surface area contributed by atoms with Crippen LogP contribution in [0.5, 0.6) is 0 Å². The second kappa shape index (κ2) is 4.79.